The molecule has 8 heteroatoms. The number of benzene rings is 1. The summed E-state index contributed by atoms with van der Waals surface area (Å²) >= 11 is 0. The number of hydrogen-bond donors (Lipinski definition) is 2. The molecule has 0 bridgehead atoms. The largest absolute Gasteiger partial charge is 0.486 e. The van der Waals surface area contributed by atoms with Gasteiger partial charge < -0.3 is 20.3 Å². The molecule has 0 radical (unpaired) electrons. The van der Waals surface area contributed by atoms with Gasteiger partial charge >= 0.3 is 5.97 Å². The summed E-state index contributed by atoms with van der Waals surface area (Å²) in [7, 11) is 0. The third-order valence-corrected chi connectivity index (χ3v) is 3.08. The van der Waals surface area contributed by atoms with Crippen molar-refractivity contribution in [2.75, 3.05) is 13.2 Å². The van der Waals surface area contributed by atoms with Crippen molar-refractivity contribution < 1.29 is 19.4 Å². The van der Waals surface area contributed by atoms with Gasteiger partial charge in [0.25, 0.3) is 0 Å². The molecule has 0 fully saturated rings. The molecule has 1 aliphatic rings. The summed E-state index contributed by atoms with van der Waals surface area (Å²) in [6.07, 6.45) is 1.77. The average molecular weight is 290 g/mol. The number of rotatable bonds is 4. The molecule has 1 aromatic carbocycles. The van der Waals surface area contributed by atoms with Crippen LogP contribution in [-0.4, -0.2) is 45.3 Å². The van der Waals surface area contributed by atoms with Crippen LogP contribution in [0, 0.1) is 0 Å². The number of carbonyl (C=O) groups is 1. The van der Waals surface area contributed by atoms with E-state index >= 15 is 0 Å². The Morgan fingerprint density at radius 1 is 1.38 bits per heavy atom. The molecule has 1 unspecified atom stereocenters. The van der Waals surface area contributed by atoms with E-state index in [0.29, 0.717) is 30.4 Å². The number of aromatic nitrogens is 3. The van der Waals surface area contributed by atoms with Crippen LogP contribution in [0.5, 0.6) is 11.5 Å². The van der Waals surface area contributed by atoms with Crippen molar-refractivity contribution in [2.24, 2.45) is 5.73 Å². The van der Waals surface area contributed by atoms with E-state index in [9.17, 15) is 4.79 Å². The van der Waals surface area contributed by atoms with Crippen molar-refractivity contribution >= 4 is 5.97 Å². The van der Waals surface area contributed by atoms with E-state index in [1.807, 2.05) is 6.07 Å². The summed E-state index contributed by atoms with van der Waals surface area (Å²) < 4.78 is 12.5. The van der Waals surface area contributed by atoms with E-state index in [-0.39, 0.29) is 6.42 Å². The molecule has 0 spiro atoms. The molecule has 21 heavy (non-hydrogen) atoms. The first kappa shape index (κ1) is 13.4. The van der Waals surface area contributed by atoms with Gasteiger partial charge in [0.1, 0.15) is 19.3 Å². The number of aliphatic carboxylic acids is 1. The Balaban J connectivity index is 1.81. The Bertz CT molecular complexity index is 670. The van der Waals surface area contributed by atoms with Crippen LogP contribution < -0.4 is 15.2 Å². The average Bonchev–Trinajstić information content (AvgIpc) is 2.95. The molecule has 1 atom stereocenters. The fraction of sp³-hybridized carbons (Fsp3) is 0.308. The van der Waals surface area contributed by atoms with Crippen molar-refractivity contribution in [1.29, 1.82) is 0 Å². The van der Waals surface area contributed by atoms with Gasteiger partial charge in [-0.3, -0.25) is 4.79 Å². The number of nitrogens with zero attached hydrogens (tertiary/aromatic N) is 3. The quantitative estimate of drug-likeness (QED) is 0.814. The van der Waals surface area contributed by atoms with Crippen LogP contribution in [0.4, 0.5) is 0 Å². The predicted octanol–water partition coefficient (Wildman–Crippen LogP) is -0.00710. The molecule has 2 aromatic rings. The van der Waals surface area contributed by atoms with Gasteiger partial charge in [-0.05, 0) is 12.1 Å². The molecule has 8 nitrogen and oxygen atoms in total. The minimum Gasteiger partial charge on any atom is -0.486 e. The van der Waals surface area contributed by atoms with Crippen molar-refractivity contribution in [1.82, 2.24) is 15.0 Å². The van der Waals surface area contributed by atoms with Crippen LogP contribution in [0.25, 0.3) is 5.69 Å². The first-order chi connectivity index (χ1) is 10.1. The first-order valence-corrected chi connectivity index (χ1v) is 6.43. The molecule has 0 aliphatic carbocycles. The van der Waals surface area contributed by atoms with Gasteiger partial charge in [-0.1, -0.05) is 5.21 Å². The van der Waals surface area contributed by atoms with E-state index in [4.69, 9.17) is 20.3 Å². The minimum atomic E-state index is -1.07. The first-order valence-electron chi connectivity index (χ1n) is 6.43. The van der Waals surface area contributed by atoms with Gasteiger partial charge in [0.05, 0.1) is 17.6 Å². The molecule has 110 valence electrons. The Hall–Kier alpha value is -2.61. The molecular weight excluding hydrogens is 276 g/mol. The molecule has 3 N–H and O–H groups in total. The lowest BCUT2D eigenvalue weighted by Crippen LogP contribution is -2.32. The zero-order valence-electron chi connectivity index (χ0n) is 11.1. The molecule has 0 amide bonds. The molecule has 0 saturated heterocycles. The van der Waals surface area contributed by atoms with Crippen LogP contribution in [0.3, 0.4) is 0 Å². The van der Waals surface area contributed by atoms with Crippen LogP contribution in [0.1, 0.15) is 5.69 Å². The van der Waals surface area contributed by atoms with E-state index in [1.54, 1.807) is 23.0 Å². The monoisotopic (exact) mass is 290 g/mol. The van der Waals surface area contributed by atoms with Gasteiger partial charge in [-0.25, -0.2) is 4.68 Å². The number of nitrogens with two attached hydrogens (primary N) is 1. The third-order valence-electron chi connectivity index (χ3n) is 3.08. The van der Waals surface area contributed by atoms with Crippen molar-refractivity contribution in [3.63, 3.8) is 0 Å². The fourth-order valence-corrected chi connectivity index (χ4v) is 2.01. The van der Waals surface area contributed by atoms with Gasteiger partial charge in [-0.2, -0.15) is 0 Å². The van der Waals surface area contributed by atoms with E-state index in [2.05, 4.69) is 10.3 Å². The van der Waals surface area contributed by atoms with Crippen LogP contribution in [-0.2, 0) is 11.2 Å². The maximum Gasteiger partial charge on any atom is 0.320 e. The highest BCUT2D eigenvalue weighted by molar-refractivity contribution is 5.73. The van der Waals surface area contributed by atoms with Crippen LogP contribution >= 0.6 is 0 Å². The normalized spacial score (nSPS) is 14.7. The number of carboxylic acid groups (broad SMARTS) is 1. The number of ether oxygens (including phenoxy) is 2. The number of hydrogen-bond acceptors (Lipinski definition) is 6. The summed E-state index contributed by atoms with van der Waals surface area (Å²) in [6.45, 7) is 1.04. The Labute approximate surface area is 120 Å². The molecule has 1 aliphatic heterocycles. The Morgan fingerprint density at radius 2 is 2.14 bits per heavy atom. The second-order valence-electron chi connectivity index (χ2n) is 4.63. The van der Waals surface area contributed by atoms with Gasteiger partial charge in [-0.15, -0.1) is 5.10 Å². The standard InChI is InChI=1S/C13H14N4O4/c14-10(13(18)19)5-8-7-17(16-15-8)9-1-2-11-12(6-9)21-4-3-20-11/h1-2,6-7,10H,3-5,14H2,(H,18,19). The smallest absolute Gasteiger partial charge is 0.320 e. The summed E-state index contributed by atoms with van der Waals surface area (Å²) in [5, 5.41) is 16.7. The molecular formula is C13H14N4O4. The maximum atomic E-state index is 10.7. The lowest BCUT2D eigenvalue weighted by atomic mass is 10.2. The highest BCUT2D eigenvalue weighted by atomic mass is 16.6. The van der Waals surface area contributed by atoms with Crippen LogP contribution in [0.2, 0.25) is 0 Å². The summed E-state index contributed by atoms with van der Waals surface area (Å²) in [5.41, 5.74) is 6.74. The second-order valence-corrected chi connectivity index (χ2v) is 4.63. The fourth-order valence-electron chi connectivity index (χ4n) is 2.01. The third kappa shape index (κ3) is 2.79. The Kier molecular flexibility index (Phi) is 3.44. The zero-order valence-corrected chi connectivity index (χ0v) is 11.1. The van der Waals surface area contributed by atoms with Crippen molar-refractivity contribution in [3.8, 4) is 17.2 Å². The number of carboxylic acids is 1. The molecule has 0 saturated carbocycles. The highest BCUT2D eigenvalue weighted by Crippen LogP contribution is 2.31. The molecule has 2 heterocycles. The zero-order chi connectivity index (χ0) is 14.8. The SMILES string of the molecule is NC(Cc1cn(-c2ccc3c(c2)OCCO3)nn1)C(=O)O. The minimum absolute atomic E-state index is 0.125. The summed E-state index contributed by atoms with van der Waals surface area (Å²) in [6, 6.07) is 4.43. The van der Waals surface area contributed by atoms with E-state index in [1.165, 1.54) is 0 Å². The number of fused-ring (bicyclic) bond motifs is 1. The van der Waals surface area contributed by atoms with Gasteiger partial charge in [0, 0.05) is 12.5 Å². The lowest BCUT2D eigenvalue weighted by molar-refractivity contribution is -0.138. The summed E-state index contributed by atoms with van der Waals surface area (Å²) in [4.78, 5) is 10.7. The lowest BCUT2D eigenvalue weighted by Gasteiger charge is -2.18. The topological polar surface area (TPSA) is 112 Å². The predicted molar refractivity (Wildman–Crippen MR) is 71.7 cm³/mol. The van der Waals surface area contributed by atoms with Gasteiger partial charge in [0.2, 0.25) is 0 Å². The second kappa shape index (κ2) is 5.41. The van der Waals surface area contributed by atoms with E-state index in [0.717, 1.165) is 5.69 Å². The maximum absolute atomic E-state index is 10.7. The molecule has 1 aromatic heterocycles. The van der Waals surface area contributed by atoms with Crippen molar-refractivity contribution in [3.05, 3.63) is 30.1 Å². The molecule has 3 rings (SSSR count). The van der Waals surface area contributed by atoms with E-state index < -0.39 is 12.0 Å². The Morgan fingerprint density at radius 3 is 2.90 bits per heavy atom. The highest BCUT2D eigenvalue weighted by Gasteiger charge is 2.16. The van der Waals surface area contributed by atoms with Crippen molar-refractivity contribution in [2.45, 2.75) is 12.5 Å². The van der Waals surface area contributed by atoms with Crippen LogP contribution in [0.15, 0.2) is 24.4 Å². The summed E-state index contributed by atoms with van der Waals surface area (Å²) in [5.74, 6) is 0.278. The van der Waals surface area contributed by atoms with Gasteiger partial charge in [0.15, 0.2) is 11.5 Å².